The van der Waals surface area contributed by atoms with Crippen LogP contribution < -0.4 is 4.90 Å². The van der Waals surface area contributed by atoms with Gasteiger partial charge < -0.3 is 14.5 Å². The summed E-state index contributed by atoms with van der Waals surface area (Å²) in [6, 6.07) is 3.81. The number of anilines is 1. The van der Waals surface area contributed by atoms with Crippen LogP contribution in [-0.4, -0.2) is 69.4 Å². The predicted molar refractivity (Wildman–Crippen MR) is 96.0 cm³/mol. The number of piperidine rings is 1. The Balaban J connectivity index is 1.45. The van der Waals surface area contributed by atoms with Gasteiger partial charge in [0.1, 0.15) is 5.69 Å². The van der Waals surface area contributed by atoms with Crippen LogP contribution in [0.15, 0.2) is 24.5 Å². The monoisotopic (exact) mass is 356 g/mol. The highest BCUT2D eigenvalue weighted by molar-refractivity contribution is 5.92. The lowest BCUT2D eigenvalue weighted by atomic mass is 9.88. The summed E-state index contributed by atoms with van der Waals surface area (Å²) in [6.07, 6.45) is 6.27. The maximum absolute atomic E-state index is 12.7. The van der Waals surface area contributed by atoms with Gasteiger partial charge in [-0.2, -0.15) is 5.10 Å². The van der Waals surface area contributed by atoms with Crippen molar-refractivity contribution in [2.75, 3.05) is 31.6 Å². The zero-order valence-electron chi connectivity index (χ0n) is 15.2. The van der Waals surface area contributed by atoms with Crippen molar-refractivity contribution in [3.8, 4) is 0 Å². The summed E-state index contributed by atoms with van der Waals surface area (Å²) in [5, 5.41) is 6.95. The molecule has 138 valence electrons. The van der Waals surface area contributed by atoms with Gasteiger partial charge in [0.15, 0.2) is 0 Å². The van der Waals surface area contributed by atoms with Crippen LogP contribution in [0.5, 0.6) is 0 Å². The summed E-state index contributed by atoms with van der Waals surface area (Å²) < 4.78 is 6.24. The average Bonchev–Trinajstić information content (AvgIpc) is 3.28. The van der Waals surface area contributed by atoms with Gasteiger partial charge in [-0.3, -0.25) is 9.89 Å². The number of carbonyl (C=O) groups is 1. The van der Waals surface area contributed by atoms with Crippen LogP contribution in [0.1, 0.15) is 35.4 Å². The van der Waals surface area contributed by atoms with Gasteiger partial charge in [0.05, 0.1) is 24.8 Å². The minimum atomic E-state index is -0.285. The van der Waals surface area contributed by atoms with Gasteiger partial charge in [-0.05, 0) is 31.9 Å². The lowest BCUT2D eigenvalue weighted by Crippen LogP contribution is -2.50. The van der Waals surface area contributed by atoms with Crippen molar-refractivity contribution in [1.29, 1.82) is 0 Å². The van der Waals surface area contributed by atoms with E-state index in [1.807, 2.05) is 24.9 Å². The van der Waals surface area contributed by atoms with Crippen LogP contribution in [0.4, 0.5) is 5.95 Å². The van der Waals surface area contributed by atoms with E-state index in [1.165, 1.54) is 0 Å². The molecule has 8 heteroatoms. The second kappa shape index (κ2) is 6.68. The van der Waals surface area contributed by atoms with Gasteiger partial charge in [0.2, 0.25) is 5.95 Å². The van der Waals surface area contributed by atoms with Gasteiger partial charge >= 0.3 is 0 Å². The van der Waals surface area contributed by atoms with E-state index in [0.29, 0.717) is 24.8 Å². The first-order valence-corrected chi connectivity index (χ1v) is 9.01. The predicted octanol–water partition coefficient (Wildman–Crippen LogP) is 1.41. The van der Waals surface area contributed by atoms with Crippen molar-refractivity contribution in [2.45, 2.75) is 37.8 Å². The Morgan fingerprint density at radius 3 is 2.96 bits per heavy atom. The molecule has 1 N–H and O–H groups in total. The molecule has 0 aliphatic carbocycles. The van der Waals surface area contributed by atoms with Crippen molar-refractivity contribution in [3.63, 3.8) is 0 Å². The highest BCUT2D eigenvalue weighted by Gasteiger charge is 2.46. The van der Waals surface area contributed by atoms with E-state index < -0.39 is 0 Å². The molecule has 1 amide bonds. The number of hydrogen-bond acceptors (Lipinski definition) is 6. The van der Waals surface area contributed by atoms with Crippen molar-refractivity contribution in [3.05, 3.63) is 35.9 Å². The van der Waals surface area contributed by atoms with Crippen molar-refractivity contribution in [2.24, 2.45) is 0 Å². The largest absolute Gasteiger partial charge is 0.371 e. The minimum absolute atomic E-state index is 0.0276. The number of nitrogens with one attached hydrogen (secondary N) is 1. The molecule has 0 aromatic carbocycles. The van der Waals surface area contributed by atoms with Crippen molar-refractivity contribution in [1.82, 2.24) is 25.1 Å². The van der Waals surface area contributed by atoms with E-state index in [-0.39, 0.29) is 17.6 Å². The molecule has 1 spiro atoms. The smallest absolute Gasteiger partial charge is 0.274 e. The summed E-state index contributed by atoms with van der Waals surface area (Å²) in [6.45, 7) is 3.88. The lowest BCUT2D eigenvalue weighted by Gasteiger charge is -2.39. The average molecular weight is 356 g/mol. The number of likely N-dealkylation sites (tertiary alicyclic amines) is 1. The first-order valence-electron chi connectivity index (χ1n) is 9.01. The number of hydrogen-bond donors (Lipinski definition) is 1. The molecule has 2 atom stereocenters. The topological polar surface area (TPSA) is 87.2 Å². The number of aromatic amines is 1. The SMILES string of the molecule is Cc1cc(C(=O)N2CCC[C@@]3(C[C@@H](N(C)c4ncccn4)CO3)C2)n[nH]1. The summed E-state index contributed by atoms with van der Waals surface area (Å²) in [5.41, 5.74) is 1.08. The minimum Gasteiger partial charge on any atom is -0.371 e. The summed E-state index contributed by atoms with van der Waals surface area (Å²) in [5.74, 6) is 0.675. The molecule has 8 nitrogen and oxygen atoms in total. The summed E-state index contributed by atoms with van der Waals surface area (Å²) >= 11 is 0. The van der Waals surface area contributed by atoms with E-state index in [4.69, 9.17) is 4.74 Å². The highest BCUT2D eigenvalue weighted by atomic mass is 16.5. The third kappa shape index (κ3) is 3.16. The molecule has 0 bridgehead atoms. The van der Waals surface area contributed by atoms with Crippen LogP contribution in [0.3, 0.4) is 0 Å². The van der Waals surface area contributed by atoms with E-state index in [2.05, 4.69) is 25.1 Å². The molecule has 4 rings (SSSR count). The van der Waals surface area contributed by atoms with Gasteiger partial charge in [-0.1, -0.05) is 0 Å². The molecular formula is C18H24N6O2. The van der Waals surface area contributed by atoms with Gasteiger partial charge in [0.25, 0.3) is 5.91 Å². The number of likely N-dealkylation sites (N-methyl/N-ethyl adjacent to an activating group) is 1. The maximum Gasteiger partial charge on any atom is 0.274 e. The van der Waals surface area contributed by atoms with Crippen molar-refractivity contribution >= 4 is 11.9 Å². The molecule has 26 heavy (non-hydrogen) atoms. The molecule has 2 aromatic heterocycles. The van der Waals surface area contributed by atoms with Gasteiger partial charge in [0, 0.05) is 38.1 Å². The number of amides is 1. The van der Waals surface area contributed by atoms with E-state index >= 15 is 0 Å². The number of rotatable bonds is 3. The lowest BCUT2D eigenvalue weighted by molar-refractivity contribution is -0.0448. The Morgan fingerprint density at radius 2 is 2.23 bits per heavy atom. The fourth-order valence-corrected chi connectivity index (χ4v) is 3.95. The summed E-state index contributed by atoms with van der Waals surface area (Å²) in [4.78, 5) is 25.3. The number of carbonyl (C=O) groups excluding carboxylic acids is 1. The maximum atomic E-state index is 12.7. The third-order valence-electron chi connectivity index (χ3n) is 5.36. The first-order chi connectivity index (χ1) is 12.6. The number of H-pyrrole nitrogens is 1. The van der Waals surface area contributed by atoms with Crippen LogP contribution in [0, 0.1) is 6.92 Å². The van der Waals surface area contributed by atoms with Crippen molar-refractivity contribution < 1.29 is 9.53 Å². The Bertz CT molecular complexity index is 779. The van der Waals surface area contributed by atoms with E-state index in [0.717, 1.165) is 31.5 Å². The fraction of sp³-hybridized carbons (Fsp3) is 0.556. The van der Waals surface area contributed by atoms with Crippen LogP contribution in [-0.2, 0) is 4.74 Å². The summed E-state index contributed by atoms with van der Waals surface area (Å²) in [7, 11) is 2.00. The van der Waals surface area contributed by atoms with E-state index in [9.17, 15) is 4.79 Å². The Labute approximate surface area is 152 Å². The number of aromatic nitrogens is 4. The molecule has 2 aliphatic heterocycles. The zero-order chi connectivity index (χ0) is 18.1. The standard InChI is InChI=1S/C18H24N6O2/c1-13-9-15(22-21-13)16(25)24-8-3-5-18(12-24)10-14(11-26-18)23(2)17-19-6-4-7-20-17/h4,6-7,9,14H,3,5,8,10-12H2,1-2H3,(H,21,22)/t14-,18-/m1/s1. The van der Waals surface area contributed by atoms with Crippen LogP contribution >= 0.6 is 0 Å². The molecule has 0 saturated carbocycles. The van der Waals surface area contributed by atoms with E-state index in [1.54, 1.807) is 18.5 Å². The van der Waals surface area contributed by atoms with Gasteiger partial charge in [-0.25, -0.2) is 9.97 Å². The first kappa shape index (κ1) is 17.0. The van der Waals surface area contributed by atoms with Crippen LogP contribution in [0.2, 0.25) is 0 Å². The number of ether oxygens (including phenoxy) is 1. The second-order valence-corrected chi connectivity index (χ2v) is 7.28. The molecule has 2 aromatic rings. The normalized spacial score (nSPS) is 25.6. The Hall–Kier alpha value is -2.48. The molecule has 2 fully saturated rings. The third-order valence-corrected chi connectivity index (χ3v) is 5.36. The Kier molecular flexibility index (Phi) is 4.36. The zero-order valence-corrected chi connectivity index (χ0v) is 15.2. The fourth-order valence-electron chi connectivity index (χ4n) is 3.95. The highest BCUT2D eigenvalue weighted by Crippen LogP contribution is 2.37. The molecule has 2 aliphatic rings. The molecule has 4 heterocycles. The molecule has 0 unspecified atom stereocenters. The molecule has 0 radical (unpaired) electrons. The quantitative estimate of drug-likeness (QED) is 0.895. The Morgan fingerprint density at radius 1 is 1.42 bits per heavy atom. The molecule has 2 saturated heterocycles. The van der Waals surface area contributed by atoms with Crippen LogP contribution in [0.25, 0.3) is 0 Å². The van der Waals surface area contributed by atoms with Gasteiger partial charge in [-0.15, -0.1) is 0 Å². The number of aryl methyl sites for hydroxylation is 1. The number of nitrogens with zero attached hydrogens (tertiary/aromatic N) is 5. The molecular weight excluding hydrogens is 332 g/mol. The second-order valence-electron chi connectivity index (χ2n) is 7.28.